The fourth-order valence-corrected chi connectivity index (χ4v) is 4.03. The summed E-state index contributed by atoms with van der Waals surface area (Å²) in [5.74, 6) is 0. The van der Waals surface area contributed by atoms with E-state index in [-0.39, 0.29) is 0 Å². The molecule has 2 aliphatic heterocycles. The molecule has 2 fully saturated rings. The van der Waals surface area contributed by atoms with Crippen molar-refractivity contribution in [2.45, 2.75) is 63.6 Å². The first-order chi connectivity index (χ1) is 9.24. The summed E-state index contributed by atoms with van der Waals surface area (Å²) in [6.07, 6.45) is 7.74. The van der Waals surface area contributed by atoms with Gasteiger partial charge in [0.1, 0.15) is 0 Å². The molecule has 2 aliphatic rings. The zero-order chi connectivity index (χ0) is 13.2. The first-order valence-electron chi connectivity index (χ1n) is 7.80. The molecular weight excluding hydrogens is 232 g/mol. The van der Waals surface area contributed by atoms with Gasteiger partial charge in [0.2, 0.25) is 0 Å². The van der Waals surface area contributed by atoms with Crippen molar-refractivity contribution < 1.29 is 0 Å². The molecule has 2 heteroatoms. The van der Waals surface area contributed by atoms with Crippen LogP contribution in [0, 0.1) is 6.92 Å². The molecule has 0 saturated carbocycles. The smallest absolute Gasteiger partial charge is 0.0113 e. The van der Waals surface area contributed by atoms with Gasteiger partial charge in [0.25, 0.3) is 0 Å². The van der Waals surface area contributed by atoms with E-state index in [2.05, 4.69) is 36.1 Å². The Balaban J connectivity index is 1.65. The number of rotatable bonds is 3. The number of piperidine rings is 2. The maximum Gasteiger partial charge on any atom is 0.0113 e. The predicted octanol–water partition coefficient (Wildman–Crippen LogP) is 2.88. The topological polar surface area (TPSA) is 29.3 Å². The van der Waals surface area contributed by atoms with Crippen LogP contribution in [0.3, 0.4) is 0 Å². The average Bonchev–Trinajstić information content (AvgIpc) is 2.38. The summed E-state index contributed by atoms with van der Waals surface area (Å²) in [5.41, 5.74) is 9.13. The van der Waals surface area contributed by atoms with E-state index in [1.165, 1.54) is 56.2 Å². The molecular formula is C17H26N2. The van der Waals surface area contributed by atoms with Gasteiger partial charge in [-0.25, -0.2) is 0 Å². The Bertz CT molecular complexity index is 415. The molecule has 2 unspecified atom stereocenters. The summed E-state index contributed by atoms with van der Waals surface area (Å²) >= 11 is 0. The number of fused-ring (bicyclic) bond motifs is 2. The highest BCUT2D eigenvalue weighted by Gasteiger charge is 2.36. The highest BCUT2D eigenvalue weighted by Crippen LogP contribution is 2.33. The number of hydrogen-bond acceptors (Lipinski definition) is 2. The summed E-state index contributed by atoms with van der Waals surface area (Å²) in [4.78, 5) is 2.76. The van der Waals surface area contributed by atoms with Gasteiger partial charge in [-0.2, -0.15) is 0 Å². The van der Waals surface area contributed by atoms with Crippen LogP contribution in [0.15, 0.2) is 24.3 Å². The maximum atomic E-state index is 6.19. The third-order valence-electron chi connectivity index (χ3n) is 5.06. The van der Waals surface area contributed by atoms with Gasteiger partial charge >= 0.3 is 0 Å². The summed E-state index contributed by atoms with van der Waals surface area (Å²) < 4.78 is 0. The van der Waals surface area contributed by atoms with E-state index >= 15 is 0 Å². The van der Waals surface area contributed by atoms with E-state index in [0.29, 0.717) is 6.04 Å². The lowest BCUT2D eigenvalue weighted by Crippen LogP contribution is -2.55. The minimum atomic E-state index is 0.449. The molecule has 0 amide bonds. The van der Waals surface area contributed by atoms with E-state index in [1.807, 2.05) is 0 Å². The second-order valence-electron chi connectivity index (χ2n) is 6.38. The first-order valence-corrected chi connectivity index (χ1v) is 7.80. The fraction of sp³-hybridized carbons (Fsp3) is 0.647. The summed E-state index contributed by atoms with van der Waals surface area (Å²) in [6.45, 7) is 3.44. The standard InChI is InChI=1S/C17H26N2/c1-13-5-2-3-6-14(13)9-10-19-16-7-4-8-17(19)12-15(18)11-16/h2-3,5-6,15-17H,4,7-12,18H2,1H3. The Hall–Kier alpha value is -0.860. The molecule has 3 rings (SSSR count). The van der Waals surface area contributed by atoms with Crippen LogP contribution in [-0.2, 0) is 6.42 Å². The van der Waals surface area contributed by atoms with Gasteiger partial charge in [0.15, 0.2) is 0 Å². The first kappa shape index (κ1) is 13.1. The molecule has 2 saturated heterocycles. The van der Waals surface area contributed by atoms with Crippen LogP contribution in [0.4, 0.5) is 0 Å². The van der Waals surface area contributed by atoms with E-state index in [9.17, 15) is 0 Å². The fourth-order valence-electron chi connectivity index (χ4n) is 4.03. The highest BCUT2D eigenvalue weighted by molar-refractivity contribution is 5.25. The lowest BCUT2D eigenvalue weighted by atomic mass is 9.82. The second kappa shape index (κ2) is 5.64. The van der Waals surface area contributed by atoms with Gasteiger partial charge in [-0.05, 0) is 50.2 Å². The minimum absolute atomic E-state index is 0.449. The molecule has 2 nitrogen and oxygen atoms in total. The van der Waals surface area contributed by atoms with Crippen molar-refractivity contribution in [3.8, 4) is 0 Å². The van der Waals surface area contributed by atoms with Crippen molar-refractivity contribution in [2.75, 3.05) is 6.54 Å². The van der Waals surface area contributed by atoms with E-state index in [0.717, 1.165) is 12.1 Å². The Kier molecular flexibility index (Phi) is 3.90. The monoisotopic (exact) mass is 258 g/mol. The van der Waals surface area contributed by atoms with Crippen LogP contribution in [0.1, 0.15) is 43.2 Å². The van der Waals surface area contributed by atoms with Crippen LogP contribution in [0.5, 0.6) is 0 Å². The number of benzene rings is 1. The number of hydrogen-bond donors (Lipinski definition) is 1. The van der Waals surface area contributed by atoms with Gasteiger partial charge < -0.3 is 5.73 Å². The van der Waals surface area contributed by atoms with Crippen molar-refractivity contribution in [1.82, 2.24) is 4.90 Å². The maximum absolute atomic E-state index is 6.19. The van der Waals surface area contributed by atoms with Crippen molar-refractivity contribution in [2.24, 2.45) is 5.73 Å². The quantitative estimate of drug-likeness (QED) is 0.903. The Morgan fingerprint density at radius 3 is 2.53 bits per heavy atom. The van der Waals surface area contributed by atoms with Gasteiger partial charge in [-0.3, -0.25) is 4.90 Å². The Morgan fingerprint density at radius 2 is 1.84 bits per heavy atom. The van der Waals surface area contributed by atoms with Gasteiger partial charge in [0, 0.05) is 24.7 Å². The molecule has 0 spiro atoms. The molecule has 0 aromatic heterocycles. The highest BCUT2D eigenvalue weighted by atomic mass is 15.2. The zero-order valence-corrected chi connectivity index (χ0v) is 12.0. The molecule has 0 radical (unpaired) electrons. The third kappa shape index (κ3) is 2.85. The molecule has 2 bridgehead atoms. The van der Waals surface area contributed by atoms with Crippen LogP contribution in [0.25, 0.3) is 0 Å². The van der Waals surface area contributed by atoms with Crippen molar-refractivity contribution in [3.63, 3.8) is 0 Å². The normalized spacial score (nSPS) is 31.4. The van der Waals surface area contributed by atoms with Crippen molar-refractivity contribution >= 4 is 0 Å². The Morgan fingerprint density at radius 1 is 1.16 bits per heavy atom. The molecule has 2 N–H and O–H groups in total. The number of nitrogens with two attached hydrogens (primary N) is 1. The summed E-state index contributed by atoms with van der Waals surface area (Å²) in [6, 6.07) is 10.8. The molecule has 2 atom stereocenters. The number of nitrogens with zero attached hydrogens (tertiary/aromatic N) is 1. The van der Waals surface area contributed by atoms with Crippen LogP contribution >= 0.6 is 0 Å². The van der Waals surface area contributed by atoms with Gasteiger partial charge in [-0.15, -0.1) is 0 Å². The van der Waals surface area contributed by atoms with E-state index < -0.39 is 0 Å². The largest absolute Gasteiger partial charge is 0.328 e. The lowest BCUT2D eigenvalue weighted by Gasteiger charge is -2.48. The second-order valence-corrected chi connectivity index (χ2v) is 6.38. The van der Waals surface area contributed by atoms with E-state index in [1.54, 1.807) is 0 Å². The molecule has 0 aliphatic carbocycles. The van der Waals surface area contributed by atoms with Crippen LogP contribution in [0.2, 0.25) is 0 Å². The minimum Gasteiger partial charge on any atom is -0.328 e. The third-order valence-corrected chi connectivity index (χ3v) is 5.06. The van der Waals surface area contributed by atoms with Gasteiger partial charge in [-0.1, -0.05) is 30.7 Å². The summed E-state index contributed by atoms with van der Waals surface area (Å²) in [7, 11) is 0. The van der Waals surface area contributed by atoms with Crippen molar-refractivity contribution in [1.29, 1.82) is 0 Å². The predicted molar refractivity (Wildman–Crippen MR) is 80.2 cm³/mol. The SMILES string of the molecule is Cc1ccccc1CCN1C2CCCC1CC(N)C2. The lowest BCUT2D eigenvalue weighted by molar-refractivity contribution is 0.0327. The van der Waals surface area contributed by atoms with Crippen LogP contribution in [-0.4, -0.2) is 29.6 Å². The molecule has 19 heavy (non-hydrogen) atoms. The van der Waals surface area contributed by atoms with Crippen LogP contribution < -0.4 is 5.73 Å². The van der Waals surface area contributed by atoms with Crippen molar-refractivity contribution in [3.05, 3.63) is 35.4 Å². The molecule has 2 heterocycles. The molecule has 104 valence electrons. The molecule has 1 aromatic rings. The Labute approximate surface area is 117 Å². The zero-order valence-electron chi connectivity index (χ0n) is 12.0. The average molecular weight is 258 g/mol. The van der Waals surface area contributed by atoms with Gasteiger partial charge in [0.05, 0.1) is 0 Å². The number of aryl methyl sites for hydroxylation is 1. The van der Waals surface area contributed by atoms with E-state index in [4.69, 9.17) is 5.73 Å². The summed E-state index contributed by atoms with van der Waals surface area (Å²) in [5, 5.41) is 0. The molecule has 1 aromatic carbocycles.